The third-order valence-corrected chi connectivity index (χ3v) is 10.8. The number of nitrogens with one attached hydrogen (secondary N) is 2. The molecule has 3 atom stereocenters. The van der Waals surface area contributed by atoms with Crippen LogP contribution >= 0.6 is 23.2 Å². The summed E-state index contributed by atoms with van der Waals surface area (Å²) in [5.41, 5.74) is 6.30. The van der Waals surface area contributed by atoms with Crippen LogP contribution in [0.15, 0.2) is 103 Å². The van der Waals surface area contributed by atoms with Gasteiger partial charge in [-0.3, -0.25) is 9.59 Å². The lowest BCUT2D eigenvalue weighted by Gasteiger charge is -2.38. The molecule has 5 aromatic carbocycles. The molecule has 0 aliphatic carbocycles. The Balaban J connectivity index is 1.04. The molecule has 0 spiro atoms. The number of halogens is 2. The number of carboxylic acids is 1. The molecule has 294 valence electrons. The number of hydrogen-bond acceptors (Lipinski definition) is 7. The second kappa shape index (κ2) is 16.9. The van der Waals surface area contributed by atoms with Crippen LogP contribution in [-0.4, -0.2) is 64.9 Å². The van der Waals surface area contributed by atoms with E-state index in [0.717, 1.165) is 22.3 Å². The molecular formula is C44H37Cl2N5O7. The van der Waals surface area contributed by atoms with Crippen LogP contribution in [0.3, 0.4) is 0 Å². The minimum absolute atomic E-state index is 0.00613. The highest BCUT2D eigenvalue weighted by atomic mass is 35.5. The Kier molecular flexibility index (Phi) is 11.6. The largest absolute Gasteiger partial charge is 0.489 e. The molecule has 1 unspecified atom stereocenters. The van der Waals surface area contributed by atoms with Gasteiger partial charge in [0.15, 0.2) is 0 Å². The Hall–Kier alpha value is -6.55. The van der Waals surface area contributed by atoms with Gasteiger partial charge in [-0.25, -0.2) is 9.59 Å². The van der Waals surface area contributed by atoms with Crippen LogP contribution in [0.5, 0.6) is 11.5 Å². The van der Waals surface area contributed by atoms with E-state index in [2.05, 4.69) is 16.7 Å². The molecule has 7 rings (SSSR count). The van der Waals surface area contributed by atoms with Crippen molar-refractivity contribution >= 4 is 52.7 Å². The number of hydrogen-bond donors (Lipinski definition) is 3. The molecule has 0 fully saturated rings. The fraction of sp³-hybridized carbons (Fsp3) is 0.205. The van der Waals surface area contributed by atoms with Gasteiger partial charge >= 0.3 is 12.0 Å². The Bertz CT molecular complexity index is 2430. The fourth-order valence-electron chi connectivity index (χ4n) is 6.91. The van der Waals surface area contributed by atoms with Crippen molar-refractivity contribution in [3.8, 4) is 28.7 Å². The van der Waals surface area contributed by atoms with Crippen molar-refractivity contribution in [3.63, 3.8) is 0 Å². The van der Waals surface area contributed by atoms with Gasteiger partial charge in [0.1, 0.15) is 30.2 Å². The number of nitrogens with zero attached hydrogens (tertiary/aromatic N) is 3. The van der Waals surface area contributed by atoms with Crippen molar-refractivity contribution in [2.75, 3.05) is 19.4 Å². The molecule has 2 aliphatic rings. The summed E-state index contributed by atoms with van der Waals surface area (Å²) in [7, 11) is 3.16. The van der Waals surface area contributed by atoms with Crippen molar-refractivity contribution in [2.45, 2.75) is 44.2 Å². The number of anilines is 1. The van der Waals surface area contributed by atoms with Crippen molar-refractivity contribution in [1.82, 2.24) is 15.1 Å². The van der Waals surface area contributed by atoms with Gasteiger partial charge in [0.05, 0.1) is 27.4 Å². The summed E-state index contributed by atoms with van der Waals surface area (Å²) >= 11 is 12.1. The SMILES string of the molecule is CN(C)C(=O)N1Cc2cc3c(cc2CC1C(=O)N[C@@H](Cc1ccc(-c2ccc(C#N)cc2)cc1)C(=O)O)NC(=O)[C@H](c1ccc(OCc2ccc(Cl)c(Cl)c2)cc1)O3. The standard InChI is InChI=1S/C44H37Cl2N5O7/c1-50(2)44(56)51-23-32-21-39-36(48-42(53)40(58-39)30-12-14-33(15-13-30)57-24-27-7-16-34(45)35(46)17-27)19-31(32)20-38(51)41(52)49-37(43(54)55)18-25-3-8-28(9-4-25)29-10-5-26(22-47)6-11-29/h3-17,19,21,37-38,40H,18,20,23-24H2,1-2H3,(H,48,53)(H,49,52)(H,54,55)/t37-,38?,40-/m0/s1. The molecule has 0 saturated carbocycles. The van der Waals surface area contributed by atoms with Gasteiger partial charge in [0.25, 0.3) is 5.91 Å². The molecule has 2 aliphatic heterocycles. The van der Waals surface area contributed by atoms with Crippen LogP contribution in [0.2, 0.25) is 10.0 Å². The van der Waals surface area contributed by atoms with Crippen LogP contribution in [0.1, 0.15) is 39.5 Å². The van der Waals surface area contributed by atoms with Crippen LogP contribution < -0.4 is 20.1 Å². The van der Waals surface area contributed by atoms with Gasteiger partial charge in [-0.15, -0.1) is 0 Å². The predicted octanol–water partition coefficient (Wildman–Crippen LogP) is 7.40. The first kappa shape index (κ1) is 39.7. The molecule has 0 aromatic heterocycles. The zero-order valence-electron chi connectivity index (χ0n) is 31.4. The zero-order valence-corrected chi connectivity index (χ0v) is 32.9. The number of carboxylic acid groups (broad SMARTS) is 1. The normalized spacial score (nSPS) is 16.1. The molecule has 4 amide bonds. The summed E-state index contributed by atoms with van der Waals surface area (Å²) in [6.07, 6.45) is -0.883. The maximum Gasteiger partial charge on any atom is 0.326 e. The van der Waals surface area contributed by atoms with Crippen LogP contribution in [0.4, 0.5) is 10.5 Å². The minimum atomic E-state index is -1.28. The van der Waals surface area contributed by atoms with Crippen molar-refractivity contribution in [1.29, 1.82) is 5.26 Å². The highest BCUT2D eigenvalue weighted by molar-refractivity contribution is 6.42. The van der Waals surface area contributed by atoms with E-state index in [-0.39, 0.29) is 31.9 Å². The first-order valence-electron chi connectivity index (χ1n) is 18.3. The minimum Gasteiger partial charge on any atom is -0.489 e. The Morgan fingerprint density at radius 2 is 1.60 bits per heavy atom. The van der Waals surface area contributed by atoms with E-state index in [1.165, 1.54) is 9.80 Å². The average Bonchev–Trinajstić information content (AvgIpc) is 3.22. The molecule has 5 aromatic rings. The Labute approximate surface area is 344 Å². The summed E-state index contributed by atoms with van der Waals surface area (Å²) in [5, 5.41) is 25.7. The number of nitriles is 1. The molecule has 0 bridgehead atoms. The summed E-state index contributed by atoms with van der Waals surface area (Å²) in [6.45, 7) is 0.307. The molecule has 0 radical (unpaired) electrons. The summed E-state index contributed by atoms with van der Waals surface area (Å²) < 4.78 is 12.1. The van der Waals surface area contributed by atoms with Gasteiger partial charge in [-0.2, -0.15) is 5.26 Å². The number of ether oxygens (including phenoxy) is 2. The summed E-state index contributed by atoms with van der Waals surface area (Å²) in [5.74, 6) is -1.25. The third-order valence-electron chi connectivity index (χ3n) is 10.0. The maximum absolute atomic E-state index is 13.9. The van der Waals surface area contributed by atoms with E-state index in [0.29, 0.717) is 49.5 Å². The van der Waals surface area contributed by atoms with Crippen molar-refractivity contribution in [2.24, 2.45) is 0 Å². The molecule has 0 saturated heterocycles. The third kappa shape index (κ3) is 8.71. The van der Waals surface area contributed by atoms with Crippen LogP contribution in [-0.2, 0) is 40.4 Å². The van der Waals surface area contributed by atoms with Gasteiger partial charge in [0.2, 0.25) is 12.0 Å². The van der Waals surface area contributed by atoms with Crippen molar-refractivity contribution < 1.29 is 33.8 Å². The quantitative estimate of drug-likeness (QED) is 0.131. The number of fused-ring (bicyclic) bond motifs is 2. The van der Waals surface area contributed by atoms with E-state index < -0.39 is 36.1 Å². The second-order valence-corrected chi connectivity index (χ2v) is 15.0. The number of carbonyl (C=O) groups excluding carboxylic acids is 3. The first-order valence-corrected chi connectivity index (χ1v) is 19.0. The number of urea groups is 1. The van der Waals surface area contributed by atoms with Gasteiger partial charge in [-0.1, -0.05) is 77.8 Å². The highest BCUT2D eigenvalue weighted by Crippen LogP contribution is 2.40. The Morgan fingerprint density at radius 3 is 2.24 bits per heavy atom. The topological polar surface area (TPSA) is 161 Å². The van der Waals surface area contributed by atoms with Crippen LogP contribution in [0, 0.1) is 11.3 Å². The first-order chi connectivity index (χ1) is 27.9. The lowest BCUT2D eigenvalue weighted by Crippen LogP contribution is -2.57. The average molecular weight is 819 g/mol. The van der Waals surface area contributed by atoms with Gasteiger partial charge in [-0.05, 0) is 81.9 Å². The second-order valence-electron chi connectivity index (χ2n) is 14.2. The van der Waals surface area contributed by atoms with E-state index in [1.54, 1.807) is 86.9 Å². The van der Waals surface area contributed by atoms with Gasteiger partial charge in [0, 0.05) is 39.0 Å². The van der Waals surface area contributed by atoms with E-state index in [9.17, 15) is 24.3 Å². The number of amides is 4. The smallest absolute Gasteiger partial charge is 0.326 e. The number of benzene rings is 5. The van der Waals surface area contributed by atoms with Crippen LogP contribution in [0.25, 0.3) is 11.1 Å². The molecule has 12 nitrogen and oxygen atoms in total. The number of rotatable bonds is 10. The molecule has 58 heavy (non-hydrogen) atoms. The highest BCUT2D eigenvalue weighted by Gasteiger charge is 2.39. The van der Waals surface area contributed by atoms with Crippen molar-refractivity contribution in [3.05, 3.63) is 147 Å². The lowest BCUT2D eigenvalue weighted by molar-refractivity contribution is -0.142. The van der Waals surface area contributed by atoms with Gasteiger partial charge < -0.3 is 35.0 Å². The monoisotopic (exact) mass is 817 g/mol. The summed E-state index contributed by atoms with van der Waals surface area (Å²) in [4.78, 5) is 56.0. The molecular weight excluding hydrogens is 781 g/mol. The van der Waals surface area contributed by atoms with E-state index in [1.807, 2.05) is 30.3 Å². The fourth-order valence-corrected chi connectivity index (χ4v) is 7.23. The Morgan fingerprint density at radius 1 is 0.931 bits per heavy atom. The number of carbonyl (C=O) groups is 4. The zero-order chi connectivity index (χ0) is 41.1. The number of aliphatic carboxylic acids is 1. The van der Waals surface area contributed by atoms with E-state index in [4.69, 9.17) is 37.9 Å². The lowest BCUT2D eigenvalue weighted by atomic mass is 9.91. The molecule has 3 N–H and O–H groups in total. The summed E-state index contributed by atoms with van der Waals surface area (Å²) in [6, 6.07) is 29.5. The molecule has 14 heteroatoms. The molecule has 2 heterocycles. The van der Waals surface area contributed by atoms with E-state index >= 15 is 0 Å². The predicted molar refractivity (Wildman–Crippen MR) is 218 cm³/mol. The maximum atomic E-state index is 13.9.